The number of rotatable bonds is 2. The molecule has 0 saturated carbocycles. The Kier molecular flexibility index (Phi) is 2.52. The molecule has 0 bridgehead atoms. The minimum Gasteiger partial charge on any atom is -0.494 e. The lowest BCUT2D eigenvalue weighted by Crippen LogP contribution is -1.97. The van der Waals surface area contributed by atoms with E-state index in [1.807, 2.05) is 41.1 Å². The Morgan fingerprint density at radius 1 is 1.06 bits per heavy atom. The Morgan fingerprint density at radius 3 is 2.72 bits per heavy atom. The van der Waals surface area contributed by atoms with Crippen LogP contribution >= 0.6 is 0 Å². The van der Waals surface area contributed by atoms with Crippen LogP contribution in [0.2, 0.25) is 0 Å². The molecule has 0 aliphatic carbocycles. The Hall–Kier alpha value is -2.29. The number of aromatic nitrogens is 1. The molecule has 0 aliphatic heterocycles. The Bertz CT molecular complexity index is 703. The lowest BCUT2D eigenvalue weighted by atomic mass is 10.2. The van der Waals surface area contributed by atoms with Crippen LogP contribution in [0.15, 0.2) is 54.7 Å². The van der Waals surface area contributed by atoms with Crippen molar-refractivity contribution in [1.82, 2.24) is 4.57 Å². The Balaban J connectivity index is 2.26. The first-order valence-electron chi connectivity index (χ1n) is 5.69. The SMILES string of the molecule is COc1cc(F)ccc1-n1ccc2ccccc21. The highest BCUT2D eigenvalue weighted by atomic mass is 19.1. The van der Waals surface area contributed by atoms with Crippen LogP contribution in [0.25, 0.3) is 16.6 Å². The summed E-state index contributed by atoms with van der Waals surface area (Å²) in [5.74, 6) is 0.225. The van der Waals surface area contributed by atoms with Crippen LogP contribution in [0, 0.1) is 5.82 Å². The summed E-state index contributed by atoms with van der Waals surface area (Å²) in [6.07, 6.45) is 1.96. The van der Waals surface area contributed by atoms with E-state index in [0.29, 0.717) is 5.75 Å². The lowest BCUT2D eigenvalue weighted by Gasteiger charge is -2.10. The third kappa shape index (κ3) is 1.64. The highest BCUT2D eigenvalue weighted by molar-refractivity contribution is 5.82. The van der Waals surface area contributed by atoms with E-state index in [0.717, 1.165) is 16.6 Å². The van der Waals surface area contributed by atoms with E-state index in [4.69, 9.17) is 4.74 Å². The molecular weight excluding hydrogens is 229 g/mol. The highest BCUT2D eigenvalue weighted by Gasteiger charge is 2.08. The van der Waals surface area contributed by atoms with Gasteiger partial charge in [0.25, 0.3) is 0 Å². The third-order valence-electron chi connectivity index (χ3n) is 3.00. The van der Waals surface area contributed by atoms with Crippen molar-refractivity contribution in [1.29, 1.82) is 0 Å². The average molecular weight is 241 g/mol. The number of hydrogen-bond donors (Lipinski definition) is 0. The maximum Gasteiger partial charge on any atom is 0.145 e. The van der Waals surface area contributed by atoms with Gasteiger partial charge in [0.05, 0.1) is 18.3 Å². The van der Waals surface area contributed by atoms with Gasteiger partial charge < -0.3 is 9.30 Å². The lowest BCUT2D eigenvalue weighted by molar-refractivity contribution is 0.409. The van der Waals surface area contributed by atoms with Gasteiger partial charge in [0, 0.05) is 12.3 Å². The van der Waals surface area contributed by atoms with Gasteiger partial charge in [0.1, 0.15) is 11.6 Å². The minimum absolute atomic E-state index is 0.299. The molecule has 0 fully saturated rings. The molecule has 1 aromatic heterocycles. The quantitative estimate of drug-likeness (QED) is 0.666. The zero-order chi connectivity index (χ0) is 12.5. The van der Waals surface area contributed by atoms with E-state index in [1.165, 1.54) is 12.1 Å². The number of benzene rings is 2. The zero-order valence-corrected chi connectivity index (χ0v) is 9.93. The van der Waals surface area contributed by atoms with Gasteiger partial charge in [-0.1, -0.05) is 18.2 Å². The number of ether oxygens (including phenoxy) is 1. The normalized spacial score (nSPS) is 10.8. The molecule has 3 heteroatoms. The fourth-order valence-electron chi connectivity index (χ4n) is 2.14. The molecule has 0 N–H and O–H groups in total. The first-order valence-corrected chi connectivity index (χ1v) is 5.69. The molecule has 3 rings (SSSR count). The monoisotopic (exact) mass is 241 g/mol. The fraction of sp³-hybridized carbons (Fsp3) is 0.0667. The van der Waals surface area contributed by atoms with Crippen molar-refractivity contribution in [2.45, 2.75) is 0 Å². The number of para-hydroxylation sites is 1. The van der Waals surface area contributed by atoms with Crippen molar-refractivity contribution in [2.24, 2.45) is 0 Å². The Morgan fingerprint density at radius 2 is 1.89 bits per heavy atom. The molecule has 3 aromatic rings. The second kappa shape index (κ2) is 4.18. The van der Waals surface area contributed by atoms with E-state index >= 15 is 0 Å². The second-order valence-corrected chi connectivity index (χ2v) is 4.06. The van der Waals surface area contributed by atoms with Crippen molar-refractivity contribution < 1.29 is 9.13 Å². The second-order valence-electron chi connectivity index (χ2n) is 4.06. The highest BCUT2D eigenvalue weighted by Crippen LogP contribution is 2.27. The molecule has 1 heterocycles. The summed E-state index contributed by atoms with van der Waals surface area (Å²) in [6, 6.07) is 14.6. The van der Waals surface area contributed by atoms with Crippen LogP contribution in [0.1, 0.15) is 0 Å². The molecule has 0 amide bonds. The summed E-state index contributed by atoms with van der Waals surface area (Å²) in [5, 5.41) is 1.14. The van der Waals surface area contributed by atoms with Crippen LogP contribution < -0.4 is 4.74 Å². The summed E-state index contributed by atoms with van der Waals surface area (Å²) >= 11 is 0. The number of fused-ring (bicyclic) bond motifs is 1. The van der Waals surface area contributed by atoms with Gasteiger partial charge >= 0.3 is 0 Å². The predicted molar refractivity (Wildman–Crippen MR) is 69.8 cm³/mol. The van der Waals surface area contributed by atoms with E-state index in [1.54, 1.807) is 13.2 Å². The maximum atomic E-state index is 13.2. The van der Waals surface area contributed by atoms with Gasteiger partial charge in [-0.2, -0.15) is 0 Å². The molecule has 2 aromatic carbocycles. The predicted octanol–water partition coefficient (Wildman–Crippen LogP) is 3.78. The van der Waals surface area contributed by atoms with Gasteiger partial charge in [-0.3, -0.25) is 0 Å². The largest absolute Gasteiger partial charge is 0.494 e. The van der Waals surface area contributed by atoms with Crippen LogP contribution in [-0.4, -0.2) is 11.7 Å². The molecule has 2 nitrogen and oxygen atoms in total. The van der Waals surface area contributed by atoms with Crippen LogP contribution in [0.5, 0.6) is 5.75 Å². The van der Waals surface area contributed by atoms with Crippen LogP contribution in [-0.2, 0) is 0 Å². The summed E-state index contributed by atoms with van der Waals surface area (Å²) in [7, 11) is 1.55. The van der Waals surface area contributed by atoms with Crippen LogP contribution in [0.3, 0.4) is 0 Å². The fourth-order valence-corrected chi connectivity index (χ4v) is 2.14. The zero-order valence-electron chi connectivity index (χ0n) is 9.93. The summed E-state index contributed by atoms with van der Waals surface area (Å²) < 4.78 is 20.4. The molecule has 18 heavy (non-hydrogen) atoms. The molecule has 0 saturated heterocycles. The molecule has 0 spiro atoms. The molecule has 90 valence electrons. The van der Waals surface area contributed by atoms with Crippen molar-refractivity contribution in [2.75, 3.05) is 7.11 Å². The van der Waals surface area contributed by atoms with Crippen molar-refractivity contribution >= 4 is 10.9 Å². The van der Waals surface area contributed by atoms with Crippen molar-refractivity contribution in [3.63, 3.8) is 0 Å². The minimum atomic E-state index is -0.299. The van der Waals surface area contributed by atoms with E-state index in [2.05, 4.69) is 0 Å². The summed E-state index contributed by atoms with van der Waals surface area (Å²) in [5.41, 5.74) is 1.91. The number of hydrogen-bond acceptors (Lipinski definition) is 1. The van der Waals surface area contributed by atoms with Crippen LogP contribution in [0.4, 0.5) is 4.39 Å². The van der Waals surface area contributed by atoms with Crippen molar-refractivity contribution in [3.8, 4) is 11.4 Å². The topological polar surface area (TPSA) is 14.2 Å². The van der Waals surface area contributed by atoms with E-state index in [9.17, 15) is 4.39 Å². The van der Waals surface area contributed by atoms with Gasteiger partial charge in [-0.05, 0) is 29.7 Å². The smallest absolute Gasteiger partial charge is 0.145 e. The van der Waals surface area contributed by atoms with E-state index < -0.39 is 0 Å². The molecule has 0 unspecified atom stereocenters. The Labute approximate surface area is 104 Å². The number of halogens is 1. The number of nitrogens with zero attached hydrogens (tertiary/aromatic N) is 1. The first kappa shape index (κ1) is 10.8. The summed E-state index contributed by atoms with van der Waals surface area (Å²) in [6.45, 7) is 0. The van der Waals surface area contributed by atoms with Gasteiger partial charge in [0.15, 0.2) is 0 Å². The summed E-state index contributed by atoms with van der Waals surface area (Å²) in [4.78, 5) is 0. The third-order valence-corrected chi connectivity index (χ3v) is 3.00. The average Bonchev–Trinajstić information content (AvgIpc) is 2.82. The standard InChI is InChI=1S/C15H12FNO/c1-18-15-10-12(16)6-7-14(15)17-9-8-11-4-2-3-5-13(11)17/h2-10H,1H3. The van der Waals surface area contributed by atoms with Gasteiger partial charge in [0.2, 0.25) is 0 Å². The van der Waals surface area contributed by atoms with Gasteiger partial charge in [-0.25, -0.2) is 4.39 Å². The maximum absolute atomic E-state index is 13.2. The van der Waals surface area contributed by atoms with Gasteiger partial charge in [-0.15, -0.1) is 0 Å². The van der Waals surface area contributed by atoms with Crippen molar-refractivity contribution in [3.05, 3.63) is 60.5 Å². The first-order chi connectivity index (χ1) is 8.79. The number of methoxy groups -OCH3 is 1. The molecular formula is C15H12FNO. The van der Waals surface area contributed by atoms with E-state index in [-0.39, 0.29) is 5.82 Å². The molecule has 0 atom stereocenters. The molecule has 0 radical (unpaired) electrons. The molecule has 0 aliphatic rings.